The van der Waals surface area contributed by atoms with Gasteiger partial charge in [0.2, 0.25) is 0 Å². The maximum Gasteiger partial charge on any atom is 0.152 e. The molecule has 0 aliphatic rings. The fourth-order valence-corrected chi connectivity index (χ4v) is 3.22. The molecule has 0 saturated heterocycles. The molecule has 0 spiro atoms. The minimum atomic E-state index is -3.17. The number of hydrogen-bond donors (Lipinski definition) is 2. The smallest absolute Gasteiger partial charge is 0.152 e. The molecule has 1 rings (SSSR count). The first-order valence-corrected chi connectivity index (χ1v) is 8.54. The lowest BCUT2D eigenvalue weighted by atomic mass is 9.81. The van der Waals surface area contributed by atoms with E-state index in [0.29, 0.717) is 6.42 Å². The third kappa shape index (κ3) is 4.58. The number of aliphatic hydroxyl groups is 2. The quantitative estimate of drug-likeness (QED) is 0.761. The van der Waals surface area contributed by atoms with E-state index in [9.17, 15) is 18.6 Å². The van der Waals surface area contributed by atoms with Gasteiger partial charge in [-0.15, -0.1) is 0 Å². The summed E-state index contributed by atoms with van der Waals surface area (Å²) in [6.45, 7) is 2.83. The molecule has 2 N–H and O–H groups in total. The Morgan fingerprint density at radius 2 is 1.65 bits per heavy atom. The monoisotopic (exact) mass is 300 g/mol. The zero-order valence-corrected chi connectivity index (χ0v) is 12.9. The Morgan fingerprint density at radius 3 is 2.10 bits per heavy atom. The average molecular weight is 300 g/mol. The zero-order chi connectivity index (χ0) is 15.2. The lowest BCUT2D eigenvalue weighted by Crippen LogP contribution is -2.35. The van der Waals surface area contributed by atoms with Gasteiger partial charge in [-0.05, 0) is 32.3 Å². The van der Waals surface area contributed by atoms with Crippen LogP contribution in [0, 0.1) is 5.41 Å². The Labute approximate surface area is 121 Å². The Hall–Kier alpha value is -0.910. The molecular formula is C15H24O4S. The van der Waals surface area contributed by atoms with Gasteiger partial charge < -0.3 is 10.2 Å². The van der Waals surface area contributed by atoms with Gasteiger partial charge in [-0.2, -0.15) is 0 Å². The lowest BCUT2D eigenvalue weighted by Gasteiger charge is -2.30. The first-order valence-electron chi connectivity index (χ1n) is 6.82. The van der Waals surface area contributed by atoms with Gasteiger partial charge in [0.25, 0.3) is 0 Å². The van der Waals surface area contributed by atoms with Crippen molar-refractivity contribution in [2.24, 2.45) is 5.41 Å². The second-order valence-electron chi connectivity index (χ2n) is 5.64. The summed E-state index contributed by atoms with van der Waals surface area (Å²) >= 11 is 0. The van der Waals surface area contributed by atoms with Crippen LogP contribution in [0.1, 0.15) is 25.8 Å². The molecule has 0 unspecified atom stereocenters. The molecule has 114 valence electrons. The van der Waals surface area contributed by atoms with Crippen LogP contribution >= 0.6 is 0 Å². The zero-order valence-electron chi connectivity index (χ0n) is 12.1. The van der Waals surface area contributed by atoms with Crippen molar-refractivity contribution in [3.05, 3.63) is 35.9 Å². The molecule has 1 aromatic rings. The van der Waals surface area contributed by atoms with Gasteiger partial charge in [0, 0.05) is 5.41 Å². The van der Waals surface area contributed by atoms with E-state index in [0.717, 1.165) is 5.56 Å². The summed E-state index contributed by atoms with van der Waals surface area (Å²) in [5, 5.41) is 18.8. The molecule has 0 fully saturated rings. The fourth-order valence-electron chi connectivity index (χ4n) is 2.03. The first kappa shape index (κ1) is 17.1. The van der Waals surface area contributed by atoms with Crippen molar-refractivity contribution in [1.82, 2.24) is 0 Å². The number of benzene rings is 1. The Balaban J connectivity index is 2.82. The third-order valence-corrected chi connectivity index (χ3v) is 5.94. The van der Waals surface area contributed by atoms with Crippen molar-refractivity contribution in [3.8, 4) is 0 Å². The van der Waals surface area contributed by atoms with Crippen molar-refractivity contribution in [3.63, 3.8) is 0 Å². The van der Waals surface area contributed by atoms with E-state index in [4.69, 9.17) is 0 Å². The standard InChI is InChI=1S/C15H24O4S/c1-13(2)20(18,19)9-8-15(11-16,12-17)10-14-6-4-3-5-7-14/h3-7,13,16-17H,8-12H2,1-2H3. The van der Waals surface area contributed by atoms with Crippen molar-refractivity contribution < 1.29 is 18.6 Å². The fraction of sp³-hybridized carbons (Fsp3) is 0.600. The molecule has 0 aliphatic carbocycles. The molecule has 4 nitrogen and oxygen atoms in total. The van der Waals surface area contributed by atoms with E-state index in [1.54, 1.807) is 13.8 Å². The van der Waals surface area contributed by atoms with E-state index in [1.165, 1.54) is 0 Å². The van der Waals surface area contributed by atoms with Crippen molar-refractivity contribution in [2.75, 3.05) is 19.0 Å². The molecule has 0 aromatic heterocycles. The highest BCUT2D eigenvalue weighted by atomic mass is 32.2. The highest BCUT2D eigenvalue weighted by Crippen LogP contribution is 2.27. The summed E-state index contributed by atoms with van der Waals surface area (Å²) in [5.41, 5.74) is 0.195. The molecule has 0 radical (unpaired) electrons. The van der Waals surface area contributed by atoms with Crippen LogP contribution in [0.5, 0.6) is 0 Å². The lowest BCUT2D eigenvalue weighted by molar-refractivity contribution is 0.0520. The Bertz CT molecular complexity index is 490. The maximum atomic E-state index is 11.9. The normalized spacial score (nSPS) is 12.8. The van der Waals surface area contributed by atoms with Gasteiger partial charge >= 0.3 is 0 Å². The van der Waals surface area contributed by atoms with E-state index in [2.05, 4.69) is 0 Å². The van der Waals surface area contributed by atoms with Crippen LogP contribution in [0.4, 0.5) is 0 Å². The molecule has 0 bridgehead atoms. The number of aliphatic hydroxyl groups excluding tert-OH is 2. The predicted octanol–water partition coefficient (Wildman–Crippen LogP) is 1.41. The summed E-state index contributed by atoms with van der Waals surface area (Å²) < 4.78 is 23.8. The molecule has 0 aliphatic heterocycles. The molecule has 0 saturated carbocycles. The predicted molar refractivity (Wildman–Crippen MR) is 80.3 cm³/mol. The van der Waals surface area contributed by atoms with Crippen LogP contribution in [-0.4, -0.2) is 42.8 Å². The van der Waals surface area contributed by atoms with Crippen LogP contribution in [-0.2, 0) is 16.3 Å². The van der Waals surface area contributed by atoms with Gasteiger partial charge in [-0.3, -0.25) is 0 Å². The van der Waals surface area contributed by atoms with Crippen LogP contribution in [0.15, 0.2) is 30.3 Å². The van der Waals surface area contributed by atoms with Gasteiger partial charge in [0.05, 0.1) is 24.2 Å². The second kappa shape index (κ2) is 7.20. The SMILES string of the molecule is CC(C)S(=O)(=O)CCC(CO)(CO)Cc1ccccc1. The number of sulfone groups is 1. The molecule has 0 amide bonds. The summed E-state index contributed by atoms with van der Waals surface area (Å²) in [6.07, 6.45) is 0.726. The van der Waals surface area contributed by atoms with E-state index >= 15 is 0 Å². The summed E-state index contributed by atoms with van der Waals surface area (Å²) in [4.78, 5) is 0. The molecular weight excluding hydrogens is 276 g/mol. The van der Waals surface area contributed by atoms with Crippen LogP contribution < -0.4 is 0 Å². The second-order valence-corrected chi connectivity index (χ2v) is 8.32. The van der Waals surface area contributed by atoms with Gasteiger partial charge in [-0.1, -0.05) is 30.3 Å². The largest absolute Gasteiger partial charge is 0.396 e. The highest BCUT2D eigenvalue weighted by Gasteiger charge is 2.31. The molecule has 5 heteroatoms. The van der Waals surface area contributed by atoms with Gasteiger partial charge in [0.15, 0.2) is 9.84 Å². The van der Waals surface area contributed by atoms with Crippen LogP contribution in [0.3, 0.4) is 0 Å². The number of hydrogen-bond acceptors (Lipinski definition) is 4. The van der Waals surface area contributed by atoms with E-state index in [1.807, 2.05) is 30.3 Å². The first-order chi connectivity index (χ1) is 9.35. The van der Waals surface area contributed by atoms with Crippen LogP contribution in [0.25, 0.3) is 0 Å². The van der Waals surface area contributed by atoms with Crippen molar-refractivity contribution in [2.45, 2.75) is 31.9 Å². The minimum absolute atomic E-state index is 0.0153. The maximum absolute atomic E-state index is 11.9. The molecule has 0 heterocycles. The van der Waals surface area contributed by atoms with Crippen molar-refractivity contribution >= 4 is 9.84 Å². The molecule has 0 atom stereocenters. The average Bonchev–Trinajstić information content (AvgIpc) is 2.44. The van der Waals surface area contributed by atoms with E-state index < -0.39 is 20.5 Å². The number of rotatable bonds is 8. The topological polar surface area (TPSA) is 74.6 Å². The van der Waals surface area contributed by atoms with Gasteiger partial charge in [-0.25, -0.2) is 8.42 Å². The van der Waals surface area contributed by atoms with Crippen LogP contribution in [0.2, 0.25) is 0 Å². The minimum Gasteiger partial charge on any atom is -0.396 e. The molecule has 1 aromatic carbocycles. The van der Waals surface area contributed by atoms with Gasteiger partial charge in [0.1, 0.15) is 0 Å². The summed E-state index contributed by atoms with van der Waals surface area (Å²) in [5.74, 6) is -0.0153. The highest BCUT2D eigenvalue weighted by molar-refractivity contribution is 7.91. The van der Waals surface area contributed by atoms with Crippen molar-refractivity contribution in [1.29, 1.82) is 0 Å². The Kier molecular flexibility index (Phi) is 6.17. The van der Waals surface area contributed by atoms with E-state index in [-0.39, 0.29) is 25.4 Å². The third-order valence-electron chi connectivity index (χ3n) is 3.73. The summed E-state index contributed by atoms with van der Waals surface area (Å²) in [7, 11) is -3.17. The summed E-state index contributed by atoms with van der Waals surface area (Å²) in [6, 6.07) is 9.50. The molecule has 20 heavy (non-hydrogen) atoms. The Morgan fingerprint density at radius 1 is 1.10 bits per heavy atom.